The SMILES string of the molecule is CCC(C)[C@@H]([C@@H](CC(=O)N1CCC[C@H]1[C@H](OC)[C@@H](C)C(=O)C[C@@H](Cc1ccccc1)C(=O)O)OC)N(C)C(=O)[C@@H](CC(=O)[C@H](C(C)C)N(C)C(=O)COCCOc1ccc(N2C(=O)C(C)=C(C)C2=O)cc1)C(C)C. The maximum atomic E-state index is 14.7. The van der Waals surface area contributed by atoms with Crippen LogP contribution >= 0.6 is 0 Å². The van der Waals surface area contributed by atoms with Crippen LogP contribution in [0.25, 0.3) is 0 Å². The Morgan fingerprint density at radius 1 is 0.770 bits per heavy atom. The van der Waals surface area contributed by atoms with Crippen molar-refractivity contribution < 1.29 is 62.4 Å². The van der Waals surface area contributed by atoms with Gasteiger partial charge in [-0.1, -0.05) is 85.2 Å². The van der Waals surface area contributed by atoms with Gasteiger partial charge >= 0.3 is 5.97 Å². The minimum Gasteiger partial charge on any atom is -0.491 e. The highest BCUT2D eigenvalue weighted by molar-refractivity contribution is 6.32. The van der Waals surface area contributed by atoms with Crippen molar-refractivity contribution in [2.45, 2.75) is 138 Å². The van der Waals surface area contributed by atoms with Crippen molar-refractivity contribution in [3.63, 3.8) is 0 Å². The number of ketones is 2. The van der Waals surface area contributed by atoms with Crippen molar-refractivity contribution in [1.29, 1.82) is 0 Å². The van der Waals surface area contributed by atoms with Gasteiger partial charge in [0.05, 0.1) is 55.0 Å². The molecule has 0 saturated carbocycles. The van der Waals surface area contributed by atoms with Gasteiger partial charge in [0.15, 0.2) is 5.78 Å². The van der Waals surface area contributed by atoms with Crippen LogP contribution in [0.15, 0.2) is 65.7 Å². The average molecular weight is 1030 g/mol. The van der Waals surface area contributed by atoms with Crippen LogP contribution in [0.1, 0.15) is 106 Å². The van der Waals surface area contributed by atoms with Gasteiger partial charge in [0.2, 0.25) is 17.7 Å². The minimum absolute atomic E-state index is 0.0612. The zero-order valence-corrected chi connectivity index (χ0v) is 46.0. The Morgan fingerprint density at radius 3 is 1.93 bits per heavy atom. The number of Topliss-reactive ketones (excluding diaryl/α,β-unsaturated/α-hetero) is 2. The summed E-state index contributed by atoms with van der Waals surface area (Å²) in [7, 11) is 6.26. The van der Waals surface area contributed by atoms with Crippen molar-refractivity contribution >= 4 is 52.8 Å². The molecule has 1 unspecified atom stereocenters. The van der Waals surface area contributed by atoms with E-state index in [1.165, 1.54) is 19.1 Å². The van der Waals surface area contributed by atoms with Gasteiger partial charge in [0.1, 0.15) is 24.7 Å². The summed E-state index contributed by atoms with van der Waals surface area (Å²) in [5, 5.41) is 10.0. The van der Waals surface area contributed by atoms with E-state index in [2.05, 4.69) is 0 Å². The smallest absolute Gasteiger partial charge is 0.307 e. The molecule has 408 valence electrons. The molecule has 0 aromatic heterocycles. The Balaban J connectivity index is 1.37. The largest absolute Gasteiger partial charge is 0.491 e. The molecule has 74 heavy (non-hydrogen) atoms. The van der Waals surface area contributed by atoms with E-state index in [1.807, 2.05) is 71.9 Å². The summed E-state index contributed by atoms with van der Waals surface area (Å²) in [5.41, 5.74) is 2.07. The van der Waals surface area contributed by atoms with E-state index in [0.29, 0.717) is 48.4 Å². The molecule has 4 rings (SSSR count). The summed E-state index contributed by atoms with van der Waals surface area (Å²) in [6, 6.07) is 13.9. The van der Waals surface area contributed by atoms with E-state index < -0.39 is 60.0 Å². The number of hydrogen-bond acceptors (Lipinski definition) is 12. The Labute approximate surface area is 438 Å². The molecule has 0 spiro atoms. The van der Waals surface area contributed by atoms with Crippen LogP contribution in [-0.4, -0.2) is 152 Å². The Morgan fingerprint density at radius 2 is 1.39 bits per heavy atom. The van der Waals surface area contributed by atoms with Crippen LogP contribution in [0, 0.1) is 35.5 Å². The van der Waals surface area contributed by atoms with Gasteiger partial charge in [-0.15, -0.1) is 0 Å². The van der Waals surface area contributed by atoms with Gasteiger partial charge in [0, 0.05) is 70.7 Å². The molecular weight excluding hydrogens is 949 g/mol. The Kier molecular flexibility index (Phi) is 23.2. The summed E-state index contributed by atoms with van der Waals surface area (Å²) in [4.78, 5) is 114. The van der Waals surface area contributed by atoms with E-state index in [9.17, 15) is 43.5 Å². The first-order chi connectivity index (χ1) is 35.0. The highest BCUT2D eigenvalue weighted by Crippen LogP contribution is 2.33. The van der Waals surface area contributed by atoms with Crippen LogP contribution in [0.5, 0.6) is 5.75 Å². The van der Waals surface area contributed by atoms with Gasteiger partial charge in [-0.25, -0.2) is 4.90 Å². The third-order valence-electron chi connectivity index (χ3n) is 15.2. The fourth-order valence-corrected chi connectivity index (χ4v) is 10.5. The quantitative estimate of drug-likeness (QED) is 0.0630. The van der Waals surface area contributed by atoms with Crippen LogP contribution in [0.2, 0.25) is 0 Å². The maximum absolute atomic E-state index is 14.7. The second kappa shape index (κ2) is 28.2. The minimum atomic E-state index is -1.05. The second-order valence-corrected chi connectivity index (χ2v) is 20.8. The summed E-state index contributed by atoms with van der Waals surface area (Å²) >= 11 is 0. The van der Waals surface area contributed by atoms with E-state index >= 15 is 0 Å². The van der Waals surface area contributed by atoms with Gasteiger partial charge < -0.3 is 38.8 Å². The Hall–Kier alpha value is -5.78. The number of amides is 5. The molecule has 0 bridgehead atoms. The fourth-order valence-electron chi connectivity index (χ4n) is 10.5. The standard InChI is InChI=1S/C57H82N4O13/c1-14-36(6)52(48(71-12)32-49(64)60-26-18-21-45(60)53(72-13)39(9)46(62)30-41(57(69)70)29-40-19-16-15-17-20-40)59(11)56(68)44(34(2)3)31-47(63)51(35(4)5)58(10)50(65)33-73-27-28-74-43-24-22-42(23-25-43)61-54(66)37(7)38(8)55(61)67/h15-17,19-20,22-25,34-36,39,41,44-45,48,51-53H,14,18,21,26-33H2,1-13H3,(H,69,70)/t36?,39-,41+,44-,45-,48+,51-,52-,53+/m0/s1. The molecule has 0 aliphatic carbocycles. The first-order valence-corrected chi connectivity index (χ1v) is 26.1. The van der Waals surface area contributed by atoms with E-state index in [4.69, 9.17) is 18.9 Å². The number of benzene rings is 2. The third kappa shape index (κ3) is 15.2. The number of anilines is 1. The molecule has 2 aliphatic heterocycles. The number of rotatable bonds is 30. The molecule has 1 fully saturated rings. The number of likely N-dealkylation sites (tertiary alicyclic amines) is 1. The van der Waals surface area contributed by atoms with E-state index in [-0.39, 0.29) is 98.5 Å². The summed E-state index contributed by atoms with van der Waals surface area (Å²) in [5.74, 6) is -5.75. The molecule has 0 radical (unpaired) electrons. The lowest BCUT2D eigenvalue weighted by molar-refractivity contribution is -0.150. The zero-order chi connectivity index (χ0) is 55.1. The number of carboxylic acid groups (broad SMARTS) is 1. The first-order valence-electron chi connectivity index (χ1n) is 26.1. The van der Waals surface area contributed by atoms with Crippen LogP contribution in [-0.2, 0) is 59.0 Å². The first kappa shape index (κ1) is 60.8. The number of ether oxygens (including phenoxy) is 4. The predicted octanol–water partition coefficient (Wildman–Crippen LogP) is 6.83. The molecule has 1 N–H and O–H groups in total. The second-order valence-electron chi connectivity index (χ2n) is 20.8. The molecule has 9 atom stereocenters. The summed E-state index contributed by atoms with van der Waals surface area (Å²) in [6.45, 7) is 16.7. The molecule has 17 heteroatoms. The number of likely N-dealkylation sites (N-methyl/N-ethyl adjacent to an activating group) is 2. The fraction of sp³-hybridized carbons (Fsp3) is 0.614. The van der Waals surface area contributed by atoms with Gasteiger partial charge in [0.25, 0.3) is 11.8 Å². The monoisotopic (exact) mass is 1030 g/mol. The van der Waals surface area contributed by atoms with Gasteiger partial charge in [-0.05, 0) is 80.7 Å². The van der Waals surface area contributed by atoms with Crippen molar-refractivity contribution in [2.75, 3.05) is 59.6 Å². The molecule has 2 aromatic carbocycles. The lowest BCUT2D eigenvalue weighted by atomic mass is 9.83. The highest BCUT2D eigenvalue weighted by Gasteiger charge is 2.44. The number of nitrogens with zero attached hydrogens (tertiary/aromatic N) is 4. The van der Waals surface area contributed by atoms with Crippen LogP contribution in [0.3, 0.4) is 0 Å². The summed E-state index contributed by atoms with van der Waals surface area (Å²) < 4.78 is 23.4. The Bertz CT molecular complexity index is 2280. The number of carbonyl (C=O) groups excluding carboxylic acids is 7. The molecular formula is C57H82N4O13. The highest BCUT2D eigenvalue weighted by atomic mass is 16.5. The number of carbonyl (C=O) groups is 8. The topological polar surface area (TPSA) is 207 Å². The van der Waals surface area contributed by atoms with Crippen molar-refractivity contribution in [3.8, 4) is 5.75 Å². The molecule has 2 heterocycles. The lowest BCUT2D eigenvalue weighted by Crippen LogP contribution is -2.54. The lowest BCUT2D eigenvalue weighted by Gasteiger charge is -2.41. The molecule has 2 aliphatic rings. The number of carboxylic acids is 1. The van der Waals surface area contributed by atoms with Gasteiger partial charge in [-0.3, -0.25) is 38.4 Å². The van der Waals surface area contributed by atoms with Crippen LogP contribution in [0.4, 0.5) is 5.69 Å². The van der Waals surface area contributed by atoms with Crippen molar-refractivity contribution in [1.82, 2.24) is 14.7 Å². The van der Waals surface area contributed by atoms with E-state index in [1.54, 1.807) is 68.9 Å². The maximum Gasteiger partial charge on any atom is 0.307 e. The molecule has 2 aromatic rings. The molecule has 17 nitrogen and oxygen atoms in total. The average Bonchev–Trinajstić information content (AvgIpc) is 3.93. The molecule has 1 saturated heterocycles. The molecule has 5 amide bonds. The van der Waals surface area contributed by atoms with Crippen molar-refractivity contribution in [2.24, 2.45) is 35.5 Å². The number of imide groups is 1. The number of aliphatic carboxylic acids is 1. The normalized spacial score (nSPS) is 18.2. The summed E-state index contributed by atoms with van der Waals surface area (Å²) in [6.07, 6.45) is 0.379. The predicted molar refractivity (Wildman–Crippen MR) is 280 cm³/mol. The number of methoxy groups -OCH3 is 2. The van der Waals surface area contributed by atoms with Gasteiger partial charge in [-0.2, -0.15) is 0 Å². The zero-order valence-electron chi connectivity index (χ0n) is 46.0. The third-order valence-corrected chi connectivity index (χ3v) is 15.2. The number of hydrogen-bond donors (Lipinski definition) is 1. The van der Waals surface area contributed by atoms with Crippen molar-refractivity contribution in [3.05, 3.63) is 71.3 Å². The van der Waals surface area contributed by atoms with E-state index in [0.717, 1.165) is 10.5 Å². The van der Waals surface area contributed by atoms with Crippen LogP contribution < -0.4 is 9.64 Å².